The van der Waals surface area contributed by atoms with Gasteiger partial charge in [-0.3, -0.25) is 4.99 Å². The van der Waals surface area contributed by atoms with Crippen LogP contribution < -0.4 is 10.6 Å². The second-order valence-corrected chi connectivity index (χ2v) is 4.03. The molecule has 0 rings (SSSR count). The molecule has 0 aromatic carbocycles. The summed E-state index contributed by atoms with van der Waals surface area (Å²) in [5.41, 5.74) is 0. The van der Waals surface area contributed by atoms with Crippen molar-refractivity contribution in [2.24, 2.45) is 4.99 Å². The van der Waals surface area contributed by atoms with Gasteiger partial charge in [-0.1, -0.05) is 0 Å². The molecule has 17 heavy (non-hydrogen) atoms. The lowest BCUT2D eigenvalue weighted by atomic mass is 10.4. The Hall–Kier alpha value is 0.140. The van der Waals surface area contributed by atoms with E-state index in [1.165, 1.54) is 0 Å². The molecule has 0 aliphatic rings. The minimum absolute atomic E-state index is 0. The molecular formula is C9H19F3IN3S. The smallest absolute Gasteiger partial charge is 0.357 e. The molecule has 0 spiro atoms. The van der Waals surface area contributed by atoms with Crippen LogP contribution in [0.4, 0.5) is 13.2 Å². The summed E-state index contributed by atoms with van der Waals surface area (Å²) in [6.07, 6.45) is -3.05. The Morgan fingerprint density at radius 2 is 1.94 bits per heavy atom. The summed E-state index contributed by atoms with van der Waals surface area (Å²) < 4.78 is 35.7. The van der Waals surface area contributed by atoms with Crippen LogP contribution in [0.1, 0.15) is 13.3 Å². The van der Waals surface area contributed by atoms with Gasteiger partial charge in [0.25, 0.3) is 0 Å². The Morgan fingerprint density at radius 3 is 2.41 bits per heavy atom. The van der Waals surface area contributed by atoms with Crippen molar-refractivity contribution in [3.05, 3.63) is 0 Å². The summed E-state index contributed by atoms with van der Waals surface area (Å²) in [4.78, 5) is 3.84. The summed E-state index contributed by atoms with van der Waals surface area (Å²) >= 11 is 1.66. The predicted molar refractivity (Wildman–Crippen MR) is 78.5 cm³/mol. The Kier molecular flexibility index (Phi) is 12.9. The maximum absolute atomic E-state index is 11.9. The number of hydrogen-bond acceptors (Lipinski definition) is 2. The van der Waals surface area contributed by atoms with Crippen molar-refractivity contribution in [2.45, 2.75) is 19.5 Å². The first-order valence-corrected chi connectivity index (χ1v) is 6.47. The van der Waals surface area contributed by atoms with E-state index in [9.17, 15) is 13.2 Å². The maximum atomic E-state index is 11.9. The van der Waals surface area contributed by atoms with Gasteiger partial charge >= 0.3 is 6.18 Å². The quantitative estimate of drug-likeness (QED) is 0.319. The second kappa shape index (κ2) is 11.2. The van der Waals surface area contributed by atoms with Crippen molar-refractivity contribution >= 4 is 41.7 Å². The first-order valence-electron chi connectivity index (χ1n) is 5.07. The number of halogens is 4. The van der Waals surface area contributed by atoms with Gasteiger partial charge in [0.1, 0.15) is 0 Å². The molecule has 0 aliphatic heterocycles. The summed E-state index contributed by atoms with van der Waals surface area (Å²) in [5, 5.41) is 5.85. The van der Waals surface area contributed by atoms with Gasteiger partial charge in [-0.15, -0.1) is 24.0 Å². The number of rotatable bonds is 6. The van der Waals surface area contributed by atoms with Crippen LogP contribution in [0.25, 0.3) is 0 Å². The number of thioether (sulfide) groups is 1. The number of aliphatic imine (C=N–C) groups is 1. The van der Waals surface area contributed by atoms with E-state index in [1.807, 2.05) is 13.2 Å². The molecule has 8 heteroatoms. The average molecular weight is 385 g/mol. The van der Waals surface area contributed by atoms with E-state index in [0.29, 0.717) is 19.0 Å². The van der Waals surface area contributed by atoms with Gasteiger partial charge in [0, 0.05) is 18.8 Å². The van der Waals surface area contributed by atoms with E-state index in [2.05, 4.69) is 15.6 Å². The fraction of sp³-hybridized carbons (Fsp3) is 0.889. The van der Waals surface area contributed by atoms with Crippen LogP contribution >= 0.6 is 35.7 Å². The third-order valence-electron chi connectivity index (χ3n) is 1.61. The monoisotopic (exact) mass is 385 g/mol. The molecule has 0 fully saturated rings. The van der Waals surface area contributed by atoms with E-state index in [4.69, 9.17) is 0 Å². The minimum Gasteiger partial charge on any atom is -0.357 e. The van der Waals surface area contributed by atoms with Crippen LogP contribution in [0, 0.1) is 0 Å². The Morgan fingerprint density at radius 1 is 1.29 bits per heavy atom. The van der Waals surface area contributed by atoms with Crippen molar-refractivity contribution in [3.63, 3.8) is 0 Å². The maximum Gasteiger partial charge on any atom is 0.390 e. The summed E-state index contributed by atoms with van der Waals surface area (Å²) in [7, 11) is 0. The van der Waals surface area contributed by atoms with Crippen LogP contribution in [0.2, 0.25) is 0 Å². The Labute approximate surface area is 121 Å². The lowest BCUT2D eigenvalue weighted by Crippen LogP contribution is -2.38. The molecule has 0 aromatic heterocycles. The fourth-order valence-electron chi connectivity index (χ4n) is 0.908. The predicted octanol–water partition coefficient (Wildman–Crippen LogP) is 2.47. The van der Waals surface area contributed by atoms with E-state index >= 15 is 0 Å². The van der Waals surface area contributed by atoms with E-state index in [1.54, 1.807) is 11.8 Å². The van der Waals surface area contributed by atoms with Crippen molar-refractivity contribution in [1.82, 2.24) is 10.6 Å². The van der Waals surface area contributed by atoms with Gasteiger partial charge in [-0.2, -0.15) is 24.9 Å². The Bertz CT molecular complexity index is 212. The molecule has 0 aliphatic carbocycles. The molecule has 0 bridgehead atoms. The summed E-state index contributed by atoms with van der Waals surface area (Å²) in [6, 6.07) is 0. The van der Waals surface area contributed by atoms with Crippen LogP contribution in [0.5, 0.6) is 0 Å². The van der Waals surface area contributed by atoms with Gasteiger partial charge in [0.2, 0.25) is 0 Å². The first kappa shape index (κ1) is 19.5. The lowest BCUT2D eigenvalue weighted by Gasteiger charge is -2.11. The third-order valence-corrected chi connectivity index (χ3v) is 2.22. The van der Waals surface area contributed by atoms with Gasteiger partial charge in [-0.25, -0.2) is 0 Å². The number of nitrogens with zero attached hydrogens (tertiary/aromatic N) is 1. The van der Waals surface area contributed by atoms with Crippen molar-refractivity contribution in [1.29, 1.82) is 0 Å². The molecule has 0 aromatic rings. The van der Waals surface area contributed by atoms with Crippen molar-refractivity contribution < 1.29 is 13.2 Å². The number of hydrogen-bond donors (Lipinski definition) is 2. The van der Waals surface area contributed by atoms with E-state index < -0.39 is 12.6 Å². The highest BCUT2D eigenvalue weighted by Crippen LogP contribution is 2.18. The molecule has 0 saturated heterocycles. The highest BCUT2D eigenvalue weighted by Gasteiger charge is 2.26. The Balaban J connectivity index is 0. The van der Waals surface area contributed by atoms with Crippen LogP contribution in [0.3, 0.4) is 0 Å². The first-order chi connectivity index (χ1) is 7.49. The molecule has 0 saturated carbocycles. The van der Waals surface area contributed by atoms with Gasteiger partial charge in [0.15, 0.2) is 5.96 Å². The summed E-state index contributed by atoms with van der Waals surface area (Å²) in [6.45, 7) is 2.96. The molecule has 3 nitrogen and oxygen atoms in total. The van der Waals surface area contributed by atoms with E-state index in [0.717, 1.165) is 5.75 Å². The molecule has 0 unspecified atom stereocenters. The van der Waals surface area contributed by atoms with E-state index in [-0.39, 0.29) is 30.5 Å². The largest absolute Gasteiger partial charge is 0.390 e. The highest BCUT2D eigenvalue weighted by atomic mass is 127. The van der Waals surface area contributed by atoms with Gasteiger partial charge < -0.3 is 10.6 Å². The fourth-order valence-corrected chi connectivity index (χ4v) is 1.21. The standard InChI is InChI=1S/C9H18F3N3S.HI/c1-3-13-8(15-6-7-16-2)14-5-4-9(10,11)12;/h3-7H2,1-2H3,(H2,13,14,15);1H. The molecular weight excluding hydrogens is 366 g/mol. The normalized spacial score (nSPS) is 11.9. The topological polar surface area (TPSA) is 36.4 Å². The zero-order chi connectivity index (χ0) is 12.4. The molecule has 0 atom stereocenters. The highest BCUT2D eigenvalue weighted by molar-refractivity contribution is 14.0. The molecule has 0 amide bonds. The average Bonchev–Trinajstić information content (AvgIpc) is 2.16. The lowest BCUT2D eigenvalue weighted by molar-refractivity contribution is -0.132. The van der Waals surface area contributed by atoms with Crippen molar-refractivity contribution in [2.75, 3.05) is 31.6 Å². The number of nitrogens with one attached hydrogen (secondary N) is 2. The van der Waals surface area contributed by atoms with Crippen LogP contribution in [-0.2, 0) is 0 Å². The zero-order valence-electron chi connectivity index (χ0n) is 9.93. The third kappa shape index (κ3) is 14.1. The van der Waals surface area contributed by atoms with Gasteiger partial charge in [-0.05, 0) is 13.2 Å². The summed E-state index contributed by atoms with van der Waals surface area (Å²) in [5.74, 6) is 1.34. The zero-order valence-corrected chi connectivity index (χ0v) is 13.1. The van der Waals surface area contributed by atoms with Gasteiger partial charge in [0.05, 0.1) is 13.0 Å². The van der Waals surface area contributed by atoms with Crippen molar-refractivity contribution in [3.8, 4) is 0 Å². The molecule has 0 heterocycles. The molecule has 104 valence electrons. The van der Waals surface area contributed by atoms with Crippen LogP contribution in [-0.4, -0.2) is 43.8 Å². The molecule has 2 N–H and O–H groups in total. The minimum atomic E-state index is -4.14. The number of alkyl halides is 3. The molecule has 0 radical (unpaired) electrons. The van der Waals surface area contributed by atoms with Crippen LogP contribution in [0.15, 0.2) is 4.99 Å². The SMILES string of the molecule is CCNC(=NCCC(F)(F)F)NCCSC.I. The second-order valence-electron chi connectivity index (χ2n) is 3.05. The number of guanidine groups is 1.